The first-order chi connectivity index (χ1) is 17.2. The number of aromatic nitrogens is 3. The lowest BCUT2D eigenvalue weighted by Crippen LogP contribution is -2.50. The first-order valence-corrected chi connectivity index (χ1v) is 12.5. The monoisotopic (exact) mass is 515 g/mol. The Morgan fingerprint density at radius 3 is 2.81 bits per heavy atom. The Morgan fingerprint density at radius 1 is 1.28 bits per heavy atom. The lowest BCUT2D eigenvalue weighted by molar-refractivity contribution is -0.153. The highest BCUT2D eigenvalue weighted by atomic mass is 35.5. The highest BCUT2D eigenvalue weighted by Crippen LogP contribution is 2.41. The second kappa shape index (κ2) is 9.78. The van der Waals surface area contributed by atoms with E-state index in [4.69, 9.17) is 11.6 Å². The molecule has 1 aliphatic heterocycles. The fraction of sp³-hybridized carbons (Fsp3) is 0.423. The van der Waals surface area contributed by atoms with Crippen LogP contribution in [0.15, 0.2) is 36.4 Å². The van der Waals surface area contributed by atoms with Crippen molar-refractivity contribution in [2.24, 2.45) is 5.41 Å². The van der Waals surface area contributed by atoms with Crippen LogP contribution in [0.1, 0.15) is 55.5 Å². The second-order valence-electron chi connectivity index (χ2n) is 9.98. The fourth-order valence-electron chi connectivity index (χ4n) is 5.06. The van der Waals surface area contributed by atoms with Crippen LogP contribution in [0.25, 0.3) is 0 Å². The third-order valence-corrected chi connectivity index (χ3v) is 7.63. The van der Waals surface area contributed by atoms with Crippen molar-refractivity contribution in [2.45, 2.75) is 57.5 Å². The SMILES string of the molecule is CC1CC(Cc2nc(Nc3cc(C4CC4)[nH]n3)ccc2F)(C(=O)O)CCN1Cc1cccc(Cl)c1F. The maximum absolute atomic E-state index is 14.8. The van der Waals surface area contributed by atoms with E-state index in [1.807, 2.05) is 17.9 Å². The number of hydrogen-bond acceptors (Lipinski definition) is 5. The smallest absolute Gasteiger partial charge is 0.310 e. The number of aliphatic carboxylic acids is 1. The van der Waals surface area contributed by atoms with E-state index in [1.54, 1.807) is 12.1 Å². The molecule has 0 bridgehead atoms. The largest absolute Gasteiger partial charge is 0.481 e. The van der Waals surface area contributed by atoms with Gasteiger partial charge in [-0.05, 0) is 57.4 Å². The van der Waals surface area contributed by atoms with Gasteiger partial charge in [0.15, 0.2) is 5.82 Å². The number of nitrogens with one attached hydrogen (secondary N) is 2. The molecule has 3 aromatic rings. The number of carbonyl (C=O) groups is 1. The molecular weight excluding hydrogens is 488 g/mol. The zero-order valence-electron chi connectivity index (χ0n) is 19.9. The Morgan fingerprint density at radius 2 is 2.08 bits per heavy atom. The number of benzene rings is 1. The molecule has 3 N–H and O–H groups in total. The number of aromatic amines is 1. The van der Waals surface area contributed by atoms with Crippen molar-refractivity contribution in [3.05, 3.63) is 70.0 Å². The molecule has 2 aliphatic rings. The summed E-state index contributed by atoms with van der Waals surface area (Å²) >= 11 is 5.92. The van der Waals surface area contributed by atoms with Gasteiger partial charge in [0, 0.05) is 42.2 Å². The molecule has 2 aromatic heterocycles. The minimum atomic E-state index is -1.18. The summed E-state index contributed by atoms with van der Waals surface area (Å²) in [6.45, 7) is 2.66. The van der Waals surface area contributed by atoms with Crippen LogP contribution in [-0.2, 0) is 17.8 Å². The number of carboxylic acid groups (broad SMARTS) is 1. The molecule has 10 heteroatoms. The summed E-state index contributed by atoms with van der Waals surface area (Å²) < 4.78 is 29.2. The molecule has 1 saturated carbocycles. The Hall–Kier alpha value is -3.04. The van der Waals surface area contributed by atoms with E-state index in [1.165, 1.54) is 18.2 Å². The van der Waals surface area contributed by atoms with Crippen LogP contribution in [0.2, 0.25) is 5.02 Å². The average molecular weight is 516 g/mol. The number of H-pyrrole nitrogens is 1. The minimum absolute atomic E-state index is 0.0404. The number of likely N-dealkylation sites (tertiary alicyclic amines) is 1. The van der Waals surface area contributed by atoms with Crippen molar-refractivity contribution in [3.8, 4) is 0 Å². The van der Waals surface area contributed by atoms with Gasteiger partial charge >= 0.3 is 5.97 Å². The van der Waals surface area contributed by atoms with Crippen LogP contribution in [0, 0.1) is 17.0 Å². The highest BCUT2D eigenvalue weighted by Gasteiger charge is 2.45. The van der Waals surface area contributed by atoms with Crippen molar-refractivity contribution in [1.82, 2.24) is 20.1 Å². The normalized spacial score (nSPS) is 22.5. The second-order valence-corrected chi connectivity index (χ2v) is 10.4. The van der Waals surface area contributed by atoms with Crippen molar-refractivity contribution in [3.63, 3.8) is 0 Å². The molecule has 0 radical (unpaired) electrons. The Bertz CT molecular complexity index is 1280. The molecule has 0 amide bonds. The van der Waals surface area contributed by atoms with E-state index in [0.29, 0.717) is 36.2 Å². The summed E-state index contributed by atoms with van der Waals surface area (Å²) in [6, 6.07) is 9.44. The summed E-state index contributed by atoms with van der Waals surface area (Å²) in [5.74, 6) is -0.476. The van der Waals surface area contributed by atoms with Gasteiger partial charge in [-0.25, -0.2) is 13.8 Å². The Balaban J connectivity index is 1.31. The van der Waals surface area contributed by atoms with Crippen molar-refractivity contribution < 1.29 is 18.7 Å². The summed E-state index contributed by atoms with van der Waals surface area (Å²) in [5.41, 5.74) is 0.442. The number of halogens is 3. The number of rotatable bonds is 8. The number of pyridine rings is 1. The number of carboxylic acids is 1. The first kappa shape index (κ1) is 24.6. The standard InChI is InChI=1S/C26H28ClF2N5O2/c1-15-12-26(25(35)36,9-10-34(15)14-17-3-2-4-18(27)24(17)29)13-21-19(28)7-8-22(30-21)31-23-11-20(32-33-23)16-5-6-16/h2-4,7-8,11,15-16H,5-6,9-10,12-14H2,1H3,(H,35,36)(H2,30,31,32,33). The summed E-state index contributed by atoms with van der Waals surface area (Å²) in [4.78, 5) is 18.9. The van der Waals surface area contributed by atoms with Crippen molar-refractivity contribution in [2.75, 3.05) is 11.9 Å². The molecule has 5 rings (SSSR count). The number of anilines is 2. The van der Waals surface area contributed by atoms with Gasteiger partial charge in [-0.3, -0.25) is 14.8 Å². The third-order valence-electron chi connectivity index (χ3n) is 7.34. The molecule has 3 heterocycles. The van der Waals surface area contributed by atoms with E-state index in [0.717, 1.165) is 18.5 Å². The van der Waals surface area contributed by atoms with Crippen LogP contribution >= 0.6 is 11.6 Å². The van der Waals surface area contributed by atoms with Crippen LogP contribution in [0.4, 0.5) is 20.4 Å². The lowest BCUT2D eigenvalue weighted by Gasteiger charge is -2.43. The van der Waals surface area contributed by atoms with Gasteiger partial charge in [-0.1, -0.05) is 23.7 Å². The molecular formula is C26H28ClF2N5O2. The van der Waals surface area contributed by atoms with Gasteiger partial charge in [-0.2, -0.15) is 5.10 Å². The van der Waals surface area contributed by atoms with Crippen molar-refractivity contribution in [1.29, 1.82) is 0 Å². The minimum Gasteiger partial charge on any atom is -0.481 e. The maximum atomic E-state index is 14.8. The van der Waals surface area contributed by atoms with E-state index in [9.17, 15) is 18.7 Å². The zero-order valence-corrected chi connectivity index (χ0v) is 20.7. The highest BCUT2D eigenvalue weighted by molar-refractivity contribution is 6.30. The van der Waals surface area contributed by atoms with Gasteiger partial charge in [0.05, 0.1) is 16.1 Å². The quantitative estimate of drug-likeness (QED) is 0.358. The fourth-order valence-corrected chi connectivity index (χ4v) is 5.26. The molecule has 7 nitrogen and oxygen atoms in total. The first-order valence-electron chi connectivity index (χ1n) is 12.1. The molecule has 1 saturated heterocycles. The molecule has 1 aliphatic carbocycles. The summed E-state index contributed by atoms with van der Waals surface area (Å²) in [7, 11) is 0. The van der Waals surface area contributed by atoms with Crippen LogP contribution in [0.3, 0.4) is 0 Å². The van der Waals surface area contributed by atoms with Crippen LogP contribution in [0.5, 0.6) is 0 Å². The van der Waals surface area contributed by atoms with Crippen LogP contribution < -0.4 is 5.32 Å². The predicted molar refractivity (Wildman–Crippen MR) is 132 cm³/mol. The molecule has 2 unspecified atom stereocenters. The van der Waals surface area contributed by atoms with Gasteiger partial charge in [0.25, 0.3) is 0 Å². The summed E-state index contributed by atoms with van der Waals surface area (Å²) in [5, 5.41) is 20.6. The van der Waals surface area contributed by atoms with Gasteiger partial charge in [0.2, 0.25) is 0 Å². The van der Waals surface area contributed by atoms with E-state index in [-0.39, 0.29) is 36.0 Å². The average Bonchev–Trinajstić information content (AvgIpc) is 3.59. The van der Waals surface area contributed by atoms with E-state index in [2.05, 4.69) is 20.5 Å². The molecule has 1 aromatic carbocycles. The number of nitrogens with zero attached hydrogens (tertiary/aromatic N) is 3. The van der Waals surface area contributed by atoms with E-state index < -0.39 is 23.0 Å². The number of piperidine rings is 1. The lowest BCUT2D eigenvalue weighted by atomic mass is 9.72. The Kier molecular flexibility index (Phi) is 6.70. The molecule has 2 atom stereocenters. The molecule has 36 heavy (non-hydrogen) atoms. The Labute approximate surface area is 212 Å². The predicted octanol–water partition coefficient (Wildman–Crippen LogP) is 5.66. The summed E-state index contributed by atoms with van der Waals surface area (Å²) in [6.07, 6.45) is 2.82. The molecule has 0 spiro atoms. The van der Waals surface area contributed by atoms with Crippen molar-refractivity contribution >= 4 is 29.2 Å². The van der Waals surface area contributed by atoms with Crippen LogP contribution in [-0.4, -0.2) is 43.7 Å². The number of hydrogen-bond donors (Lipinski definition) is 3. The van der Waals surface area contributed by atoms with Gasteiger partial charge in [-0.15, -0.1) is 0 Å². The maximum Gasteiger partial charge on any atom is 0.310 e. The zero-order chi connectivity index (χ0) is 25.4. The molecule has 190 valence electrons. The topological polar surface area (TPSA) is 94.1 Å². The third kappa shape index (κ3) is 5.08. The van der Waals surface area contributed by atoms with Gasteiger partial charge < -0.3 is 10.4 Å². The van der Waals surface area contributed by atoms with E-state index >= 15 is 0 Å². The van der Waals surface area contributed by atoms with Gasteiger partial charge in [0.1, 0.15) is 17.5 Å². The molecule has 2 fully saturated rings.